The Kier molecular flexibility index (Phi) is 7.19. The van der Waals surface area contributed by atoms with Crippen molar-refractivity contribution in [2.75, 3.05) is 5.73 Å². The largest absolute Gasteiger partial charge is 0.399 e. The molecular weight excluding hydrogens is 166 g/mol. The summed E-state index contributed by atoms with van der Waals surface area (Å²) in [4.78, 5) is 0. The SMILES string of the molecule is C=CSC=C.Nc1ccccc1. The van der Waals surface area contributed by atoms with Gasteiger partial charge in [0.2, 0.25) is 0 Å². The first-order valence-corrected chi connectivity index (χ1v) is 4.43. The maximum absolute atomic E-state index is 5.36. The predicted octanol–water partition coefficient (Wildman–Crippen LogP) is 3.28. The van der Waals surface area contributed by atoms with Crippen LogP contribution in [0.5, 0.6) is 0 Å². The molecule has 1 aromatic carbocycles. The molecule has 0 saturated carbocycles. The number of thioether (sulfide) groups is 1. The van der Waals surface area contributed by atoms with Gasteiger partial charge in [-0.05, 0) is 22.9 Å². The molecule has 0 bridgehead atoms. The summed E-state index contributed by atoms with van der Waals surface area (Å²) in [6.45, 7) is 6.88. The highest BCUT2D eigenvalue weighted by atomic mass is 32.2. The summed E-state index contributed by atoms with van der Waals surface area (Å²) in [5.41, 5.74) is 6.18. The monoisotopic (exact) mass is 179 g/mol. The maximum Gasteiger partial charge on any atom is 0.0313 e. The van der Waals surface area contributed by atoms with Crippen LogP contribution in [-0.2, 0) is 0 Å². The van der Waals surface area contributed by atoms with Crippen LogP contribution in [0.4, 0.5) is 5.69 Å². The Hall–Kier alpha value is -1.15. The van der Waals surface area contributed by atoms with E-state index >= 15 is 0 Å². The molecule has 0 unspecified atom stereocenters. The Labute approximate surface area is 78.0 Å². The van der Waals surface area contributed by atoms with Crippen molar-refractivity contribution in [2.45, 2.75) is 0 Å². The summed E-state index contributed by atoms with van der Waals surface area (Å²) in [6.07, 6.45) is 0. The lowest BCUT2D eigenvalue weighted by Crippen LogP contribution is -1.79. The third-order valence-electron chi connectivity index (χ3n) is 0.992. The molecule has 0 saturated heterocycles. The lowest BCUT2D eigenvalue weighted by molar-refractivity contribution is 1.69. The zero-order chi connectivity index (χ0) is 9.23. The van der Waals surface area contributed by atoms with E-state index in [9.17, 15) is 0 Å². The first-order valence-electron chi connectivity index (χ1n) is 3.49. The molecule has 0 aromatic heterocycles. The van der Waals surface area contributed by atoms with E-state index in [0.29, 0.717) is 0 Å². The lowest BCUT2D eigenvalue weighted by atomic mass is 10.3. The average molecular weight is 179 g/mol. The minimum Gasteiger partial charge on any atom is -0.399 e. The Morgan fingerprint density at radius 3 is 1.75 bits per heavy atom. The van der Waals surface area contributed by atoms with Gasteiger partial charge in [0.05, 0.1) is 0 Å². The summed E-state index contributed by atoms with van der Waals surface area (Å²) >= 11 is 1.49. The highest BCUT2D eigenvalue weighted by molar-refractivity contribution is 8.04. The van der Waals surface area contributed by atoms with Crippen LogP contribution in [0.3, 0.4) is 0 Å². The maximum atomic E-state index is 5.36. The molecule has 0 amide bonds. The third kappa shape index (κ3) is 6.96. The standard InChI is InChI=1S/C6H7N.C4H6S/c7-6-4-2-1-3-5-6;1-3-5-4-2/h1-5H,7H2;3-4H,1-2H2. The second-order valence-electron chi connectivity index (χ2n) is 1.88. The smallest absolute Gasteiger partial charge is 0.0313 e. The fraction of sp³-hybridized carbons (Fsp3) is 0. The van der Waals surface area contributed by atoms with Crippen LogP contribution in [-0.4, -0.2) is 0 Å². The number of nitrogen functional groups attached to an aromatic ring is 1. The summed E-state index contributed by atoms with van der Waals surface area (Å²) < 4.78 is 0. The molecule has 0 fully saturated rings. The molecule has 64 valence electrons. The van der Waals surface area contributed by atoms with Crippen molar-refractivity contribution in [2.24, 2.45) is 0 Å². The number of rotatable bonds is 2. The second-order valence-corrected chi connectivity index (χ2v) is 2.82. The van der Waals surface area contributed by atoms with E-state index in [4.69, 9.17) is 5.73 Å². The van der Waals surface area contributed by atoms with E-state index in [0.717, 1.165) is 5.69 Å². The third-order valence-corrected chi connectivity index (χ3v) is 1.38. The molecule has 2 N–H and O–H groups in total. The highest BCUT2D eigenvalue weighted by Gasteiger charge is 1.72. The van der Waals surface area contributed by atoms with Gasteiger partial charge < -0.3 is 5.73 Å². The zero-order valence-corrected chi connectivity index (χ0v) is 7.76. The summed E-state index contributed by atoms with van der Waals surface area (Å²) in [5, 5.41) is 3.46. The Bertz CT molecular complexity index is 213. The number of benzene rings is 1. The Balaban J connectivity index is 0.000000217. The zero-order valence-electron chi connectivity index (χ0n) is 6.94. The van der Waals surface area contributed by atoms with Crippen molar-refractivity contribution < 1.29 is 0 Å². The van der Waals surface area contributed by atoms with E-state index in [-0.39, 0.29) is 0 Å². The van der Waals surface area contributed by atoms with Crippen LogP contribution in [0.25, 0.3) is 0 Å². The van der Waals surface area contributed by atoms with Crippen molar-refractivity contribution >= 4 is 17.4 Å². The van der Waals surface area contributed by atoms with Gasteiger partial charge in [0.25, 0.3) is 0 Å². The molecule has 1 rings (SSSR count). The van der Waals surface area contributed by atoms with E-state index in [2.05, 4.69) is 13.2 Å². The van der Waals surface area contributed by atoms with Gasteiger partial charge >= 0.3 is 0 Å². The van der Waals surface area contributed by atoms with Gasteiger partial charge in [-0.3, -0.25) is 0 Å². The topological polar surface area (TPSA) is 26.0 Å². The van der Waals surface area contributed by atoms with Crippen molar-refractivity contribution in [3.05, 3.63) is 54.3 Å². The predicted molar refractivity (Wildman–Crippen MR) is 58.8 cm³/mol. The molecule has 0 aliphatic heterocycles. The van der Waals surface area contributed by atoms with Gasteiger partial charge in [-0.25, -0.2) is 0 Å². The molecule has 0 aliphatic carbocycles. The van der Waals surface area contributed by atoms with Crippen molar-refractivity contribution in [3.63, 3.8) is 0 Å². The van der Waals surface area contributed by atoms with Crippen LogP contribution < -0.4 is 5.73 Å². The van der Waals surface area contributed by atoms with Gasteiger partial charge in [0.1, 0.15) is 0 Å². The quantitative estimate of drug-likeness (QED) is 0.705. The van der Waals surface area contributed by atoms with Gasteiger partial charge in [-0.15, -0.1) is 11.8 Å². The van der Waals surface area contributed by atoms with E-state index in [1.807, 2.05) is 30.3 Å². The second kappa shape index (κ2) is 7.95. The van der Waals surface area contributed by atoms with Gasteiger partial charge in [-0.2, -0.15) is 0 Å². The average Bonchev–Trinajstić information content (AvgIpc) is 2.08. The van der Waals surface area contributed by atoms with Crippen molar-refractivity contribution in [1.29, 1.82) is 0 Å². The Morgan fingerprint density at radius 1 is 1.08 bits per heavy atom. The van der Waals surface area contributed by atoms with Crippen LogP contribution in [0.2, 0.25) is 0 Å². The van der Waals surface area contributed by atoms with Crippen LogP contribution in [0, 0.1) is 0 Å². The molecule has 12 heavy (non-hydrogen) atoms. The molecular formula is C10H13NS. The number of hydrogen-bond acceptors (Lipinski definition) is 2. The van der Waals surface area contributed by atoms with Crippen LogP contribution in [0.1, 0.15) is 0 Å². The highest BCUT2D eigenvalue weighted by Crippen LogP contribution is 1.96. The van der Waals surface area contributed by atoms with Crippen molar-refractivity contribution in [3.8, 4) is 0 Å². The molecule has 0 atom stereocenters. The molecule has 0 radical (unpaired) electrons. The number of nitrogens with two attached hydrogens (primary N) is 1. The Morgan fingerprint density at radius 2 is 1.58 bits per heavy atom. The number of para-hydroxylation sites is 1. The van der Waals surface area contributed by atoms with Crippen LogP contribution in [0.15, 0.2) is 54.3 Å². The minimum atomic E-state index is 0.822. The van der Waals surface area contributed by atoms with E-state index in [1.165, 1.54) is 11.8 Å². The molecule has 2 heteroatoms. The number of hydrogen-bond donors (Lipinski definition) is 1. The normalized spacial score (nSPS) is 7.67. The van der Waals surface area contributed by atoms with Gasteiger partial charge in [-0.1, -0.05) is 31.4 Å². The lowest BCUT2D eigenvalue weighted by Gasteiger charge is -1.83. The molecule has 1 aromatic rings. The fourth-order valence-electron chi connectivity index (χ4n) is 0.521. The molecule has 0 spiro atoms. The molecule has 1 nitrogen and oxygen atoms in total. The van der Waals surface area contributed by atoms with Gasteiger partial charge in [0, 0.05) is 5.69 Å². The summed E-state index contributed by atoms with van der Waals surface area (Å²) in [7, 11) is 0. The van der Waals surface area contributed by atoms with Crippen LogP contribution >= 0.6 is 11.8 Å². The van der Waals surface area contributed by atoms with E-state index in [1.54, 1.807) is 10.8 Å². The van der Waals surface area contributed by atoms with E-state index < -0.39 is 0 Å². The first kappa shape index (κ1) is 10.8. The number of anilines is 1. The molecule has 0 heterocycles. The van der Waals surface area contributed by atoms with Gasteiger partial charge in [0.15, 0.2) is 0 Å². The summed E-state index contributed by atoms with van der Waals surface area (Å²) in [6, 6.07) is 9.49. The summed E-state index contributed by atoms with van der Waals surface area (Å²) in [5.74, 6) is 0. The fourth-order valence-corrected chi connectivity index (χ4v) is 0.657. The minimum absolute atomic E-state index is 0.822. The first-order chi connectivity index (χ1) is 5.81. The molecule has 0 aliphatic rings. The van der Waals surface area contributed by atoms with Crippen molar-refractivity contribution in [1.82, 2.24) is 0 Å².